The Hall–Kier alpha value is -1.52. The summed E-state index contributed by atoms with van der Waals surface area (Å²) >= 11 is 7.48. The number of hydrogen-bond acceptors (Lipinski definition) is 3. The summed E-state index contributed by atoms with van der Waals surface area (Å²) in [6, 6.07) is 5.80. The lowest BCUT2D eigenvalue weighted by Gasteiger charge is -1.97. The molecule has 0 bridgehead atoms. The zero-order valence-electron chi connectivity index (χ0n) is 9.12. The van der Waals surface area contributed by atoms with Crippen molar-refractivity contribution < 1.29 is 0 Å². The molecule has 5 heteroatoms. The van der Waals surface area contributed by atoms with Gasteiger partial charge < -0.3 is 10.7 Å². The molecule has 0 atom stereocenters. The lowest BCUT2D eigenvalue weighted by Crippen LogP contribution is -1.83. The van der Waals surface area contributed by atoms with Gasteiger partial charge in [-0.15, -0.1) is 11.3 Å². The van der Waals surface area contributed by atoms with Crippen LogP contribution in [0.2, 0.25) is 5.02 Å². The highest BCUT2D eigenvalue weighted by molar-refractivity contribution is 7.13. The molecule has 3 aromatic rings. The van der Waals surface area contributed by atoms with Gasteiger partial charge in [-0.2, -0.15) is 0 Å². The van der Waals surface area contributed by atoms with E-state index in [1.807, 2.05) is 30.5 Å². The first-order chi connectivity index (χ1) is 8.15. The number of nitrogens with one attached hydrogen (secondary N) is 1. The normalized spacial score (nSPS) is 11.2. The maximum absolute atomic E-state index is 6.04. The topological polar surface area (TPSA) is 54.7 Å². The van der Waals surface area contributed by atoms with Crippen molar-refractivity contribution in [2.75, 3.05) is 5.73 Å². The SMILES string of the molecule is Cc1[nH]c2ccc(Cl)cc2c1-c1csc(N)n1. The zero-order chi connectivity index (χ0) is 12.0. The number of hydrogen-bond donors (Lipinski definition) is 2. The van der Waals surface area contributed by atoms with Crippen LogP contribution in [0, 0.1) is 6.92 Å². The van der Waals surface area contributed by atoms with Crippen LogP contribution in [0.15, 0.2) is 23.6 Å². The lowest BCUT2D eigenvalue weighted by atomic mass is 10.1. The van der Waals surface area contributed by atoms with Crippen molar-refractivity contribution in [2.45, 2.75) is 6.92 Å². The number of nitrogens with zero attached hydrogens (tertiary/aromatic N) is 1. The molecule has 3 N–H and O–H groups in total. The molecule has 0 saturated heterocycles. The number of halogens is 1. The molecule has 0 aliphatic carbocycles. The largest absolute Gasteiger partial charge is 0.375 e. The third-order valence-electron chi connectivity index (χ3n) is 2.73. The first kappa shape index (κ1) is 10.6. The summed E-state index contributed by atoms with van der Waals surface area (Å²) in [6.07, 6.45) is 0. The number of rotatable bonds is 1. The Morgan fingerprint density at radius 2 is 2.24 bits per heavy atom. The second kappa shape index (κ2) is 3.75. The molecule has 0 fully saturated rings. The van der Waals surface area contributed by atoms with Gasteiger partial charge in [0.15, 0.2) is 5.13 Å². The second-order valence-corrected chi connectivity index (χ2v) is 5.21. The van der Waals surface area contributed by atoms with E-state index in [1.54, 1.807) is 0 Å². The van der Waals surface area contributed by atoms with E-state index in [2.05, 4.69) is 9.97 Å². The number of nitrogens with two attached hydrogens (primary N) is 1. The summed E-state index contributed by atoms with van der Waals surface area (Å²) in [5.74, 6) is 0. The van der Waals surface area contributed by atoms with Gasteiger partial charge in [-0.3, -0.25) is 0 Å². The molecule has 0 aliphatic heterocycles. The molecular formula is C12H10ClN3S. The molecule has 3 nitrogen and oxygen atoms in total. The summed E-state index contributed by atoms with van der Waals surface area (Å²) in [5.41, 5.74) is 9.80. The van der Waals surface area contributed by atoms with E-state index in [1.165, 1.54) is 11.3 Å². The summed E-state index contributed by atoms with van der Waals surface area (Å²) in [5, 5.41) is 4.35. The molecule has 2 heterocycles. The van der Waals surface area contributed by atoms with Crippen LogP contribution in [0.1, 0.15) is 5.69 Å². The van der Waals surface area contributed by atoms with Crippen LogP contribution in [0.5, 0.6) is 0 Å². The number of nitrogen functional groups attached to an aromatic ring is 1. The Morgan fingerprint density at radius 3 is 2.94 bits per heavy atom. The predicted molar refractivity (Wildman–Crippen MR) is 73.6 cm³/mol. The van der Waals surface area contributed by atoms with Gasteiger partial charge in [0.25, 0.3) is 0 Å². The van der Waals surface area contributed by atoms with Gasteiger partial charge in [0.1, 0.15) is 0 Å². The number of aryl methyl sites for hydroxylation is 1. The predicted octanol–water partition coefficient (Wildman–Crippen LogP) is 3.84. The van der Waals surface area contributed by atoms with Crippen molar-refractivity contribution in [1.29, 1.82) is 0 Å². The fourth-order valence-electron chi connectivity index (χ4n) is 2.03. The summed E-state index contributed by atoms with van der Waals surface area (Å²) in [6.45, 7) is 2.03. The van der Waals surface area contributed by atoms with E-state index in [0.717, 1.165) is 32.9 Å². The Kier molecular flexibility index (Phi) is 2.34. The van der Waals surface area contributed by atoms with Gasteiger partial charge in [0, 0.05) is 32.6 Å². The van der Waals surface area contributed by atoms with Crippen LogP contribution in [-0.2, 0) is 0 Å². The van der Waals surface area contributed by atoms with Crippen molar-refractivity contribution in [3.8, 4) is 11.3 Å². The third kappa shape index (κ3) is 1.69. The van der Waals surface area contributed by atoms with Crippen LogP contribution in [-0.4, -0.2) is 9.97 Å². The van der Waals surface area contributed by atoms with E-state index in [-0.39, 0.29) is 0 Å². The van der Waals surface area contributed by atoms with Crippen molar-refractivity contribution in [1.82, 2.24) is 9.97 Å². The van der Waals surface area contributed by atoms with Crippen molar-refractivity contribution >= 4 is 39.0 Å². The van der Waals surface area contributed by atoms with E-state index < -0.39 is 0 Å². The number of fused-ring (bicyclic) bond motifs is 1. The lowest BCUT2D eigenvalue weighted by molar-refractivity contribution is 1.29. The van der Waals surface area contributed by atoms with Crippen molar-refractivity contribution in [3.05, 3.63) is 34.3 Å². The van der Waals surface area contributed by atoms with E-state index in [0.29, 0.717) is 5.13 Å². The second-order valence-electron chi connectivity index (χ2n) is 3.89. The molecule has 0 amide bonds. The van der Waals surface area contributed by atoms with Gasteiger partial charge in [-0.25, -0.2) is 4.98 Å². The molecular weight excluding hydrogens is 254 g/mol. The average molecular weight is 264 g/mol. The molecule has 0 saturated carbocycles. The average Bonchev–Trinajstić information content (AvgIpc) is 2.81. The minimum absolute atomic E-state index is 0.579. The number of anilines is 1. The standard InChI is InChI=1S/C12H10ClN3S/c1-6-11(10-5-17-12(14)16-10)8-4-7(13)2-3-9(8)15-6/h2-5,15H,1H3,(H2,14,16). The molecule has 0 aliphatic rings. The van der Waals surface area contributed by atoms with Crippen LogP contribution < -0.4 is 5.73 Å². The smallest absolute Gasteiger partial charge is 0.180 e. The minimum Gasteiger partial charge on any atom is -0.375 e. The summed E-state index contributed by atoms with van der Waals surface area (Å²) < 4.78 is 0. The van der Waals surface area contributed by atoms with Gasteiger partial charge in [0.05, 0.1) is 5.69 Å². The molecule has 86 valence electrons. The highest BCUT2D eigenvalue weighted by Crippen LogP contribution is 2.34. The Morgan fingerprint density at radius 1 is 1.41 bits per heavy atom. The number of aromatic amines is 1. The fraction of sp³-hybridized carbons (Fsp3) is 0.0833. The van der Waals surface area contributed by atoms with Crippen molar-refractivity contribution in [3.63, 3.8) is 0 Å². The van der Waals surface area contributed by atoms with Crippen LogP contribution in [0.25, 0.3) is 22.2 Å². The van der Waals surface area contributed by atoms with E-state index in [9.17, 15) is 0 Å². The highest BCUT2D eigenvalue weighted by atomic mass is 35.5. The molecule has 0 unspecified atom stereocenters. The zero-order valence-corrected chi connectivity index (χ0v) is 10.7. The fourth-order valence-corrected chi connectivity index (χ4v) is 2.76. The molecule has 3 rings (SSSR count). The molecule has 17 heavy (non-hydrogen) atoms. The van der Waals surface area contributed by atoms with Crippen molar-refractivity contribution in [2.24, 2.45) is 0 Å². The maximum atomic E-state index is 6.04. The summed E-state index contributed by atoms with van der Waals surface area (Å²) in [7, 11) is 0. The molecule has 2 aromatic heterocycles. The molecule has 0 spiro atoms. The Balaban J connectivity index is 2.34. The van der Waals surface area contributed by atoms with Crippen LogP contribution in [0.4, 0.5) is 5.13 Å². The number of benzene rings is 1. The van der Waals surface area contributed by atoms with Gasteiger partial charge in [-0.1, -0.05) is 11.6 Å². The first-order valence-corrected chi connectivity index (χ1v) is 6.40. The Bertz CT molecular complexity index is 699. The van der Waals surface area contributed by atoms with Crippen LogP contribution >= 0.6 is 22.9 Å². The van der Waals surface area contributed by atoms with Crippen LogP contribution in [0.3, 0.4) is 0 Å². The number of H-pyrrole nitrogens is 1. The molecule has 0 radical (unpaired) electrons. The third-order valence-corrected chi connectivity index (χ3v) is 3.64. The molecule has 1 aromatic carbocycles. The van der Waals surface area contributed by atoms with Gasteiger partial charge in [-0.05, 0) is 25.1 Å². The van der Waals surface area contributed by atoms with Gasteiger partial charge in [0.2, 0.25) is 0 Å². The van der Waals surface area contributed by atoms with E-state index >= 15 is 0 Å². The maximum Gasteiger partial charge on any atom is 0.180 e. The monoisotopic (exact) mass is 263 g/mol. The minimum atomic E-state index is 0.579. The Labute approximate surface area is 107 Å². The first-order valence-electron chi connectivity index (χ1n) is 5.14. The van der Waals surface area contributed by atoms with E-state index in [4.69, 9.17) is 17.3 Å². The summed E-state index contributed by atoms with van der Waals surface area (Å²) in [4.78, 5) is 7.65. The number of aromatic nitrogens is 2. The van der Waals surface area contributed by atoms with Gasteiger partial charge >= 0.3 is 0 Å². The highest BCUT2D eigenvalue weighted by Gasteiger charge is 2.13. The number of thiazole rings is 1. The quantitative estimate of drug-likeness (QED) is 0.701.